The summed E-state index contributed by atoms with van der Waals surface area (Å²) in [6.07, 6.45) is -3.53. The van der Waals surface area contributed by atoms with Gasteiger partial charge in [0.25, 0.3) is 0 Å². The fourth-order valence-electron chi connectivity index (χ4n) is 3.81. The molecule has 2 amide bonds. The second-order valence-corrected chi connectivity index (χ2v) is 8.35. The highest BCUT2D eigenvalue weighted by Gasteiger charge is 2.44. The van der Waals surface area contributed by atoms with Gasteiger partial charge in [-0.2, -0.15) is 0 Å². The molecular weight excluding hydrogens is 481 g/mol. The number of rotatable bonds is 2. The fourth-order valence-corrected chi connectivity index (χ4v) is 4.26. The zero-order valence-electron chi connectivity index (χ0n) is 16.2. The van der Waals surface area contributed by atoms with Crippen molar-refractivity contribution in [3.63, 3.8) is 0 Å². The molecule has 2 aliphatic rings. The maximum atomic E-state index is 12.6. The standard InChI is InChI=1S/C21H18BrF3N2O4/c22-16-3-1-2-15-17(28)12-20(31-18(15)16)8-10-27(11-9-20)19(29)26-13-4-6-14(7-5-13)30-21(23,24)25/h1-7H,8-12H2,(H,26,29). The number of urea groups is 1. The van der Waals surface area contributed by atoms with Crippen molar-refractivity contribution in [3.05, 3.63) is 52.5 Å². The highest BCUT2D eigenvalue weighted by Crippen LogP contribution is 2.42. The van der Waals surface area contributed by atoms with E-state index in [2.05, 4.69) is 26.0 Å². The molecule has 10 heteroatoms. The minimum absolute atomic E-state index is 0.0154. The molecule has 2 aliphatic heterocycles. The number of carbonyl (C=O) groups excluding carboxylic acids is 2. The van der Waals surface area contributed by atoms with Crippen molar-refractivity contribution >= 4 is 33.4 Å². The zero-order valence-corrected chi connectivity index (χ0v) is 17.8. The van der Waals surface area contributed by atoms with Gasteiger partial charge in [0.1, 0.15) is 17.1 Å². The first-order chi connectivity index (χ1) is 14.6. The van der Waals surface area contributed by atoms with E-state index in [-0.39, 0.29) is 24.0 Å². The Morgan fingerprint density at radius 1 is 1.13 bits per heavy atom. The number of hydrogen-bond acceptors (Lipinski definition) is 4. The molecule has 4 rings (SSSR count). The summed E-state index contributed by atoms with van der Waals surface area (Å²) in [6, 6.07) is 9.90. The Hall–Kier alpha value is -2.75. The topological polar surface area (TPSA) is 67.9 Å². The molecule has 2 aromatic rings. The quantitative estimate of drug-likeness (QED) is 0.603. The van der Waals surface area contributed by atoms with Crippen LogP contribution < -0.4 is 14.8 Å². The first-order valence-corrected chi connectivity index (χ1v) is 10.4. The van der Waals surface area contributed by atoms with Gasteiger partial charge in [0, 0.05) is 31.6 Å². The smallest absolute Gasteiger partial charge is 0.485 e. The lowest BCUT2D eigenvalue weighted by molar-refractivity contribution is -0.274. The zero-order chi connectivity index (χ0) is 22.2. The Morgan fingerprint density at radius 3 is 2.45 bits per heavy atom. The third-order valence-corrected chi connectivity index (χ3v) is 5.99. The van der Waals surface area contributed by atoms with Crippen molar-refractivity contribution in [1.29, 1.82) is 0 Å². The number of nitrogens with zero attached hydrogens (tertiary/aromatic N) is 1. The SMILES string of the molecule is O=C1CC2(CCN(C(=O)Nc3ccc(OC(F)(F)F)cc3)CC2)Oc2c(Br)cccc21. The van der Waals surface area contributed by atoms with Gasteiger partial charge in [0.2, 0.25) is 0 Å². The molecule has 6 nitrogen and oxygen atoms in total. The van der Waals surface area contributed by atoms with Crippen molar-refractivity contribution in [2.75, 3.05) is 18.4 Å². The molecule has 0 aliphatic carbocycles. The number of anilines is 1. The van der Waals surface area contributed by atoms with Crippen LogP contribution >= 0.6 is 15.9 Å². The van der Waals surface area contributed by atoms with Crippen LogP contribution in [-0.4, -0.2) is 41.8 Å². The molecule has 0 unspecified atom stereocenters. The average Bonchev–Trinajstić information content (AvgIpc) is 2.70. The molecule has 0 bridgehead atoms. The molecule has 1 spiro atoms. The van der Waals surface area contributed by atoms with Crippen LogP contribution in [0.3, 0.4) is 0 Å². The number of para-hydroxylation sites is 1. The monoisotopic (exact) mass is 498 g/mol. The highest BCUT2D eigenvalue weighted by atomic mass is 79.9. The number of halogens is 4. The van der Waals surface area contributed by atoms with E-state index >= 15 is 0 Å². The number of carbonyl (C=O) groups is 2. The first-order valence-electron chi connectivity index (χ1n) is 9.57. The molecule has 0 aromatic heterocycles. The van der Waals surface area contributed by atoms with Crippen molar-refractivity contribution in [2.24, 2.45) is 0 Å². The van der Waals surface area contributed by atoms with Gasteiger partial charge in [-0.15, -0.1) is 13.2 Å². The van der Waals surface area contributed by atoms with Crippen LogP contribution in [0.25, 0.3) is 0 Å². The first kappa shape index (κ1) is 21.5. The van der Waals surface area contributed by atoms with Crippen molar-refractivity contribution < 1.29 is 32.2 Å². The molecule has 2 heterocycles. The van der Waals surface area contributed by atoms with Crippen LogP contribution in [-0.2, 0) is 0 Å². The summed E-state index contributed by atoms with van der Waals surface area (Å²) < 4.78 is 47.5. The number of fused-ring (bicyclic) bond motifs is 1. The van der Waals surface area contributed by atoms with Gasteiger partial charge in [-0.3, -0.25) is 4.79 Å². The van der Waals surface area contributed by atoms with E-state index in [1.54, 1.807) is 17.0 Å². The summed E-state index contributed by atoms with van der Waals surface area (Å²) in [5.74, 6) is 0.190. The minimum Gasteiger partial charge on any atom is -0.485 e. The van der Waals surface area contributed by atoms with Crippen LogP contribution in [0, 0.1) is 0 Å². The fraction of sp³-hybridized carbons (Fsp3) is 0.333. The van der Waals surface area contributed by atoms with E-state index in [9.17, 15) is 22.8 Å². The summed E-state index contributed by atoms with van der Waals surface area (Å²) in [4.78, 5) is 26.8. The minimum atomic E-state index is -4.77. The molecule has 2 aromatic carbocycles. The second-order valence-electron chi connectivity index (χ2n) is 7.49. The summed E-state index contributed by atoms with van der Waals surface area (Å²) in [7, 11) is 0. The predicted octanol–water partition coefficient (Wildman–Crippen LogP) is 5.38. The molecular formula is C21H18BrF3N2O4. The summed E-state index contributed by atoms with van der Waals surface area (Å²) >= 11 is 3.43. The lowest BCUT2D eigenvalue weighted by Crippen LogP contribution is -2.53. The molecule has 0 saturated carbocycles. The van der Waals surface area contributed by atoms with Crippen molar-refractivity contribution in [3.8, 4) is 11.5 Å². The Labute approximate surface area is 184 Å². The largest absolute Gasteiger partial charge is 0.573 e. The number of Topliss-reactive ketones (excluding diaryl/α,β-unsaturated/α-hetero) is 1. The molecule has 0 radical (unpaired) electrons. The lowest BCUT2D eigenvalue weighted by Gasteiger charge is -2.44. The van der Waals surface area contributed by atoms with Gasteiger partial charge < -0.3 is 19.7 Å². The van der Waals surface area contributed by atoms with E-state index in [1.165, 1.54) is 12.1 Å². The normalized spacial score (nSPS) is 17.7. The Morgan fingerprint density at radius 2 is 1.81 bits per heavy atom. The van der Waals surface area contributed by atoms with Gasteiger partial charge in [0.05, 0.1) is 16.5 Å². The van der Waals surface area contributed by atoms with E-state index < -0.39 is 12.0 Å². The molecule has 0 atom stereocenters. The lowest BCUT2D eigenvalue weighted by atomic mass is 9.82. The van der Waals surface area contributed by atoms with Crippen LogP contribution in [0.5, 0.6) is 11.5 Å². The Bertz CT molecular complexity index is 1000. The maximum absolute atomic E-state index is 12.6. The van der Waals surface area contributed by atoms with Crippen LogP contribution in [0.2, 0.25) is 0 Å². The van der Waals surface area contributed by atoms with Crippen molar-refractivity contribution in [2.45, 2.75) is 31.2 Å². The van der Waals surface area contributed by atoms with Gasteiger partial charge in [0.15, 0.2) is 5.78 Å². The molecule has 1 saturated heterocycles. The van der Waals surface area contributed by atoms with Crippen LogP contribution in [0.15, 0.2) is 46.9 Å². The summed E-state index contributed by atoms with van der Waals surface area (Å²) in [5.41, 5.74) is 0.251. The average molecular weight is 499 g/mol. The van der Waals surface area contributed by atoms with Crippen LogP contribution in [0.4, 0.5) is 23.7 Å². The van der Waals surface area contributed by atoms with Gasteiger partial charge in [-0.25, -0.2) is 4.79 Å². The van der Waals surface area contributed by atoms with Gasteiger partial charge in [-0.05, 0) is 52.3 Å². The number of alkyl halides is 3. The second kappa shape index (κ2) is 8.07. The number of nitrogens with one attached hydrogen (secondary N) is 1. The number of likely N-dealkylation sites (tertiary alicyclic amines) is 1. The maximum Gasteiger partial charge on any atom is 0.573 e. The number of benzene rings is 2. The predicted molar refractivity (Wildman–Crippen MR) is 109 cm³/mol. The Balaban J connectivity index is 1.36. The third-order valence-electron chi connectivity index (χ3n) is 5.37. The van der Waals surface area contributed by atoms with Crippen LogP contribution in [0.1, 0.15) is 29.6 Å². The number of hydrogen-bond donors (Lipinski definition) is 1. The van der Waals surface area contributed by atoms with E-state index in [4.69, 9.17) is 4.74 Å². The number of ketones is 1. The van der Waals surface area contributed by atoms with E-state index in [0.717, 1.165) is 16.6 Å². The third kappa shape index (κ3) is 4.79. The highest BCUT2D eigenvalue weighted by molar-refractivity contribution is 9.10. The summed E-state index contributed by atoms with van der Waals surface area (Å²) in [5, 5.41) is 2.66. The molecule has 1 fully saturated rings. The summed E-state index contributed by atoms with van der Waals surface area (Å²) in [6.45, 7) is 0.766. The van der Waals surface area contributed by atoms with Crippen molar-refractivity contribution in [1.82, 2.24) is 4.90 Å². The molecule has 1 N–H and O–H groups in total. The van der Waals surface area contributed by atoms with E-state index in [1.807, 2.05) is 6.07 Å². The Kier molecular flexibility index (Phi) is 5.59. The molecule has 31 heavy (non-hydrogen) atoms. The number of amides is 2. The molecule has 164 valence electrons. The van der Waals surface area contributed by atoms with Gasteiger partial charge in [-0.1, -0.05) is 6.07 Å². The number of piperidine rings is 1. The number of ether oxygens (including phenoxy) is 2. The van der Waals surface area contributed by atoms with E-state index in [0.29, 0.717) is 42.9 Å². The van der Waals surface area contributed by atoms with Gasteiger partial charge >= 0.3 is 12.4 Å².